The zero-order valence-corrected chi connectivity index (χ0v) is 18.3. The van der Waals surface area contributed by atoms with Crippen molar-refractivity contribution in [2.45, 2.75) is 44.9 Å². The molecule has 1 aromatic rings. The quantitative estimate of drug-likeness (QED) is 0.235. The van der Waals surface area contributed by atoms with Gasteiger partial charge in [-0.2, -0.15) is 0 Å². The Bertz CT molecular complexity index is 571. The van der Waals surface area contributed by atoms with Crippen molar-refractivity contribution in [2.75, 3.05) is 27.2 Å². The summed E-state index contributed by atoms with van der Waals surface area (Å²) in [6.07, 6.45) is 9.07. The second-order valence-electron chi connectivity index (χ2n) is 6.75. The highest BCUT2D eigenvalue weighted by Crippen LogP contribution is 2.28. The summed E-state index contributed by atoms with van der Waals surface area (Å²) in [6.45, 7) is 1.77. The Labute approximate surface area is 174 Å². The van der Waals surface area contributed by atoms with E-state index in [1.54, 1.807) is 14.1 Å². The van der Waals surface area contributed by atoms with E-state index < -0.39 is 0 Å². The maximum atomic E-state index is 11.7. The predicted molar refractivity (Wildman–Crippen MR) is 120 cm³/mol. The molecule has 0 heterocycles. The number of hydrogen-bond donors (Lipinski definition) is 3. The highest BCUT2D eigenvalue weighted by molar-refractivity contribution is 14.0. The van der Waals surface area contributed by atoms with Crippen molar-refractivity contribution in [3.63, 3.8) is 0 Å². The van der Waals surface area contributed by atoms with Gasteiger partial charge in [-0.05, 0) is 42.9 Å². The molecule has 3 N–H and O–H groups in total. The number of rotatable bonds is 8. The third kappa shape index (κ3) is 7.93. The summed E-state index contributed by atoms with van der Waals surface area (Å²) in [5.41, 5.74) is 1.85. The molecule has 0 atom stereocenters. The lowest BCUT2D eigenvalue weighted by atomic mass is 10.0. The minimum absolute atomic E-state index is 0. The first-order valence-electron chi connectivity index (χ1n) is 9.48. The molecule has 1 aliphatic rings. The van der Waals surface area contributed by atoms with Gasteiger partial charge in [0.2, 0.25) is 0 Å². The van der Waals surface area contributed by atoms with Crippen LogP contribution in [0.4, 0.5) is 0 Å². The molecule has 0 bridgehead atoms. The van der Waals surface area contributed by atoms with E-state index in [9.17, 15) is 4.79 Å². The van der Waals surface area contributed by atoms with Gasteiger partial charge >= 0.3 is 0 Å². The average molecular weight is 472 g/mol. The molecule has 146 valence electrons. The van der Waals surface area contributed by atoms with E-state index in [0.717, 1.165) is 37.0 Å². The molecule has 0 unspecified atom stereocenters. The summed E-state index contributed by atoms with van der Waals surface area (Å²) in [5, 5.41) is 9.40. The number of carbonyl (C=O) groups excluding carboxylic acids is 1. The van der Waals surface area contributed by atoms with Crippen molar-refractivity contribution in [3.05, 3.63) is 35.4 Å². The SMILES string of the molecule is CN=C(NCCCC1CCCC1)NCCc1cccc(C(=O)NC)c1.I. The van der Waals surface area contributed by atoms with E-state index in [-0.39, 0.29) is 29.9 Å². The highest BCUT2D eigenvalue weighted by Gasteiger charge is 2.14. The van der Waals surface area contributed by atoms with Crippen LogP contribution in [0.3, 0.4) is 0 Å². The van der Waals surface area contributed by atoms with Crippen LogP contribution >= 0.6 is 24.0 Å². The number of halogens is 1. The minimum atomic E-state index is -0.0467. The van der Waals surface area contributed by atoms with Gasteiger partial charge in [0.15, 0.2) is 5.96 Å². The minimum Gasteiger partial charge on any atom is -0.356 e. The summed E-state index contributed by atoms with van der Waals surface area (Å²) in [6, 6.07) is 7.75. The van der Waals surface area contributed by atoms with Crippen molar-refractivity contribution < 1.29 is 4.79 Å². The van der Waals surface area contributed by atoms with E-state index in [2.05, 4.69) is 20.9 Å². The molecule has 1 amide bonds. The van der Waals surface area contributed by atoms with E-state index in [4.69, 9.17) is 0 Å². The van der Waals surface area contributed by atoms with E-state index in [0.29, 0.717) is 5.56 Å². The number of carbonyl (C=O) groups is 1. The van der Waals surface area contributed by atoms with Gasteiger partial charge in [-0.3, -0.25) is 9.79 Å². The van der Waals surface area contributed by atoms with Gasteiger partial charge in [0, 0.05) is 32.7 Å². The van der Waals surface area contributed by atoms with Gasteiger partial charge in [-0.1, -0.05) is 37.8 Å². The van der Waals surface area contributed by atoms with Crippen LogP contribution in [0.1, 0.15) is 54.4 Å². The van der Waals surface area contributed by atoms with E-state index in [1.165, 1.54) is 38.5 Å². The van der Waals surface area contributed by atoms with Crippen molar-refractivity contribution in [2.24, 2.45) is 10.9 Å². The average Bonchev–Trinajstić information content (AvgIpc) is 3.16. The first-order valence-corrected chi connectivity index (χ1v) is 9.48. The first kappa shape index (κ1) is 22.7. The third-order valence-corrected chi connectivity index (χ3v) is 4.90. The monoisotopic (exact) mass is 472 g/mol. The Kier molecular flexibility index (Phi) is 11.3. The molecular formula is C20H33IN4O. The Hall–Kier alpha value is -1.31. The Morgan fingerprint density at radius 2 is 1.92 bits per heavy atom. The molecule has 1 aromatic carbocycles. The lowest BCUT2D eigenvalue weighted by Crippen LogP contribution is -2.38. The molecule has 1 fully saturated rings. The van der Waals surface area contributed by atoms with Gasteiger partial charge in [0.05, 0.1) is 0 Å². The van der Waals surface area contributed by atoms with E-state index in [1.807, 2.05) is 24.3 Å². The lowest BCUT2D eigenvalue weighted by Gasteiger charge is -2.13. The van der Waals surface area contributed by atoms with Crippen LogP contribution < -0.4 is 16.0 Å². The Balaban J connectivity index is 0.00000338. The molecule has 1 aliphatic carbocycles. The summed E-state index contributed by atoms with van der Waals surface area (Å²) < 4.78 is 0. The summed E-state index contributed by atoms with van der Waals surface area (Å²) in [7, 11) is 3.46. The van der Waals surface area contributed by atoms with Gasteiger partial charge in [0.25, 0.3) is 5.91 Å². The van der Waals surface area contributed by atoms with Gasteiger partial charge < -0.3 is 16.0 Å². The van der Waals surface area contributed by atoms with Crippen LogP contribution in [-0.2, 0) is 6.42 Å². The molecule has 2 rings (SSSR count). The van der Waals surface area contributed by atoms with Crippen LogP contribution in [0.2, 0.25) is 0 Å². The van der Waals surface area contributed by atoms with Crippen LogP contribution in [0.15, 0.2) is 29.3 Å². The second-order valence-corrected chi connectivity index (χ2v) is 6.75. The van der Waals surface area contributed by atoms with Gasteiger partial charge in [-0.25, -0.2) is 0 Å². The van der Waals surface area contributed by atoms with Crippen molar-refractivity contribution in [1.29, 1.82) is 0 Å². The van der Waals surface area contributed by atoms with Crippen LogP contribution in [0.5, 0.6) is 0 Å². The number of amides is 1. The number of guanidine groups is 1. The van der Waals surface area contributed by atoms with Crippen LogP contribution in [0, 0.1) is 5.92 Å². The Morgan fingerprint density at radius 3 is 2.62 bits per heavy atom. The molecule has 0 saturated heterocycles. The highest BCUT2D eigenvalue weighted by atomic mass is 127. The number of nitrogens with one attached hydrogen (secondary N) is 3. The Morgan fingerprint density at radius 1 is 1.19 bits per heavy atom. The summed E-state index contributed by atoms with van der Waals surface area (Å²) >= 11 is 0. The standard InChI is InChI=1S/C20H32N4O.HI/c1-21-19(25)18-11-5-9-17(15-18)12-14-24-20(22-2)23-13-6-10-16-7-3-4-8-16;/h5,9,11,15-16H,3-4,6-8,10,12-14H2,1-2H3,(H,21,25)(H2,22,23,24);1H. The molecule has 0 radical (unpaired) electrons. The maximum absolute atomic E-state index is 11.7. The fraction of sp³-hybridized carbons (Fsp3) is 0.600. The smallest absolute Gasteiger partial charge is 0.251 e. The fourth-order valence-electron chi connectivity index (χ4n) is 3.45. The molecule has 0 aromatic heterocycles. The molecule has 0 spiro atoms. The van der Waals surface area contributed by atoms with Crippen molar-refractivity contribution in [1.82, 2.24) is 16.0 Å². The topological polar surface area (TPSA) is 65.5 Å². The number of nitrogens with zero attached hydrogens (tertiary/aromatic N) is 1. The van der Waals surface area contributed by atoms with Crippen molar-refractivity contribution >= 4 is 35.8 Å². The predicted octanol–water partition coefficient (Wildman–Crippen LogP) is 3.34. The fourth-order valence-corrected chi connectivity index (χ4v) is 3.45. The third-order valence-electron chi connectivity index (χ3n) is 4.90. The lowest BCUT2D eigenvalue weighted by molar-refractivity contribution is 0.0963. The van der Waals surface area contributed by atoms with Gasteiger partial charge in [0.1, 0.15) is 0 Å². The maximum Gasteiger partial charge on any atom is 0.251 e. The molecule has 26 heavy (non-hydrogen) atoms. The number of hydrogen-bond acceptors (Lipinski definition) is 2. The zero-order valence-electron chi connectivity index (χ0n) is 16.0. The summed E-state index contributed by atoms with van der Waals surface area (Å²) in [5.74, 6) is 1.76. The first-order chi connectivity index (χ1) is 12.2. The molecule has 5 nitrogen and oxygen atoms in total. The van der Waals surface area contributed by atoms with Crippen LogP contribution in [0.25, 0.3) is 0 Å². The zero-order chi connectivity index (χ0) is 17.9. The molecule has 1 saturated carbocycles. The normalized spacial score (nSPS) is 14.6. The van der Waals surface area contributed by atoms with Gasteiger partial charge in [-0.15, -0.1) is 24.0 Å². The number of benzene rings is 1. The molecule has 6 heteroatoms. The van der Waals surface area contributed by atoms with E-state index >= 15 is 0 Å². The van der Waals surface area contributed by atoms with Crippen LogP contribution in [-0.4, -0.2) is 39.1 Å². The second kappa shape index (κ2) is 12.9. The largest absolute Gasteiger partial charge is 0.356 e. The molecular weight excluding hydrogens is 439 g/mol. The molecule has 0 aliphatic heterocycles. The summed E-state index contributed by atoms with van der Waals surface area (Å²) in [4.78, 5) is 16.0. The van der Waals surface area contributed by atoms with Crippen molar-refractivity contribution in [3.8, 4) is 0 Å². The number of aliphatic imine (C=N–C) groups is 1.